The summed E-state index contributed by atoms with van der Waals surface area (Å²) in [5.74, 6) is 1.09. The predicted octanol–water partition coefficient (Wildman–Crippen LogP) is 2.76. The van der Waals surface area contributed by atoms with Crippen LogP contribution in [0.15, 0.2) is 22.4 Å². The van der Waals surface area contributed by atoms with E-state index in [0.29, 0.717) is 35.3 Å². The minimum atomic E-state index is -0.512. The van der Waals surface area contributed by atoms with E-state index >= 15 is 0 Å². The average molecular weight is 365 g/mol. The lowest BCUT2D eigenvalue weighted by molar-refractivity contribution is -0.385. The first kappa shape index (κ1) is 18.7. The van der Waals surface area contributed by atoms with Gasteiger partial charge in [-0.05, 0) is 19.2 Å². The van der Waals surface area contributed by atoms with Crippen molar-refractivity contribution in [1.29, 1.82) is 0 Å². The first-order valence-electron chi connectivity index (χ1n) is 7.57. The van der Waals surface area contributed by atoms with Gasteiger partial charge in [0.1, 0.15) is 0 Å². The Morgan fingerprint density at radius 1 is 1.40 bits per heavy atom. The van der Waals surface area contributed by atoms with E-state index in [0.717, 1.165) is 0 Å². The molecule has 1 aromatic carbocycles. The number of aromatic nitrogens is 3. The molecule has 10 heteroatoms. The van der Waals surface area contributed by atoms with Crippen LogP contribution in [0.4, 0.5) is 5.69 Å². The number of nitro groups is 1. The zero-order chi connectivity index (χ0) is 18.4. The minimum Gasteiger partial charge on any atom is -0.490 e. The van der Waals surface area contributed by atoms with E-state index in [2.05, 4.69) is 15.3 Å². The van der Waals surface area contributed by atoms with Crippen molar-refractivity contribution in [3.8, 4) is 11.5 Å². The van der Waals surface area contributed by atoms with Gasteiger partial charge < -0.3 is 9.47 Å². The second-order valence-electron chi connectivity index (χ2n) is 4.77. The molecule has 9 nitrogen and oxygen atoms in total. The van der Waals surface area contributed by atoms with E-state index < -0.39 is 4.92 Å². The number of hydrogen-bond acceptors (Lipinski definition) is 8. The summed E-state index contributed by atoms with van der Waals surface area (Å²) >= 11 is 1.41. The monoisotopic (exact) mass is 365 g/mol. The molecule has 0 fully saturated rings. The van der Waals surface area contributed by atoms with E-state index in [1.165, 1.54) is 31.2 Å². The summed E-state index contributed by atoms with van der Waals surface area (Å²) in [6, 6.07) is 3.03. The normalized spacial score (nSPS) is 11.0. The Balaban J connectivity index is 2.49. The largest absolute Gasteiger partial charge is 0.490 e. The standard InChI is InChI=1S/C15H19N5O4S/c1-5-13-17-18-15(25-4)19(13)16-9-10-7-11(20(21)22)14(23-3)12(8-10)24-6-2/h7-9H,5-6H2,1-4H3/b16-9-. The number of aryl methyl sites for hydroxylation is 1. The highest BCUT2D eigenvalue weighted by Gasteiger charge is 2.21. The maximum absolute atomic E-state index is 11.3. The van der Waals surface area contributed by atoms with Gasteiger partial charge in [-0.15, -0.1) is 10.2 Å². The molecule has 0 aliphatic heterocycles. The highest BCUT2D eigenvalue weighted by Crippen LogP contribution is 2.37. The molecule has 0 saturated heterocycles. The molecule has 2 rings (SSSR count). The Kier molecular flexibility index (Phi) is 6.34. The van der Waals surface area contributed by atoms with Crippen molar-refractivity contribution in [2.24, 2.45) is 5.10 Å². The Morgan fingerprint density at radius 2 is 2.16 bits per heavy atom. The lowest BCUT2D eigenvalue weighted by Crippen LogP contribution is -2.02. The summed E-state index contributed by atoms with van der Waals surface area (Å²) in [4.78, 5) is 10.8. The van der Waals surface area contributed by atoms with Gasteiger partial charge in [0.05, 0.1) is 24.9 Å². The van der Waals surface area contributed by atoms with Crippen LogP contribution in [0, 0.1) is 10.1 Å². The summed E-state index contributed by atoms with van der Waals surface area (Å²) in [7, 11) is 1.37. The quantitative estimate of drug-likeness (QED) is 0.306. The van der Waals surface area contributed by atoms with Crippen LogP contribution in [0.2, 0.25) is 0 Å². The molecule has 0 radical (unpaired) electrons. The van der Waals surface area contributed by atoms with Crippen molar-refractivity contribution in [3.05, 3.63) is 33.6 Å². The molecule has 2 aromatic rings. The van der Waals surface area contributed by atoms with Crippen molar-refractivity contribution in [2.75, 3.05) is 20.0 Å². The van der Waals surface area contributed by atoms with Crippen LogP contribution in [0.1, 0.15) is 25.2 Å². The van der Waals surface area contributed by atoms with Gasteiger partial charge in [-0.25, -0.2) is 0 Å². The summed E-state index contributed by atoms with van der Waals surface area (Å²) in [5, 5.41) is 24.4. The number of rotatable bonds is 8. The van der Waals surface area contributed by atoms with Crippen LogP contribution in [-0.2, 0) is 6.42 Å². The number of nitro benzene ring substituents is 1. The second-order valence-corrected chi connectivity index (χ2v) is 5.55. The van der Waals surface area contributed by atoms with Crippen molar-refractivity contribution in [2.45, 2.75) is 25.4 Å². The molecular formula is C15H19N5O4S. The number of nitrogens with zero attached hydrogens (tertiary/aromatic N) is 5. The summed E-state index contributed by atoms with van der Waals surface area (Å²) in [6.07, 6.45) is 4.05. The fourth-order valence-electron chi connectivity index (χ4n) is 2.17. The maximum Gasteiger partial charge on any atom is 0.315 e. The average Bonchev–Trinajstić information content (AvgIpc) is 3.01. The maximum atomic E-state index is 11.3. The zero-order valence-electron chi connectivity index (χ0n) is 14.4. The first-order valence-corrected chi connectivity index (χ1v) is 8.79. The molecule has 134 valence electrons. The number of ether oxygens (including phenoxy) is 2. The van der Waals surface area contributed by atoms with E-state index in [4.69, 9.17) is 9.47 Å². The molecular weight excluding hydrogens is 346 g/mol. The molecule has 0 aliphatic carbocycles. The second kappa shape index (κ2) is 8.47. The smallest absolute Gasteiger partial charge is 0.315 e. The molecule has 0 amide bonds. The van der Waals surface area contributed by atoms with E-state index in [1.54, 1.807) is 17.7 Å². The van der Waals surface area contributed by atoms with Crippen LogP contribution < -0.4 is 9.47 Å². The topological polar surface area (TPSA) is 105 Å². The Bertz CT molecular complexity index is 769. The van der Waals surface area contributed by atoms with E-state index in [9.17, 15) is 10.1 Å². The summed E-state index contributed by atoms with van der Waals surface area (Å²) in [5.41, 5.74) is 0.332. The highest BCUT2D eigenvalue weighted by molar-refractivity contribution is 7.98. The van der Waals surface area contributed by atoms with Crippen LogP contribution in [0.3, 0.4) is 0 Å². The van der Waals surface area contributed by atoms with Gasteiger partial charge in [0, 0.05) is 18.1 Å². The van der Waals surface area contributed by atoms with Gasteiger partial charge >= 0.3 is 5.69 Å². The molecule has 1 aromatic heterocycles. The van der Waals surface area contributed by atoms with Gasteiger partial charge in [-0.1, -0.05) is 18.7 Å². The van der Waals surface area contributed by atoms with E-state index in [1.807, 2.05) is 13.2 Å². The molecule has 25 heavy (non-hydrogen) atoms. The van der Waals surface area contributed by atoms with Crippen molar-refractivity contribution in [1.82, 2.24) is 14.9 Å². The van der Waals surface area contributed by atoms with Gasteiger partial charge in [0.25, 0.3) is 0 Å². The highest BCUT2D eigenvalue weighted by atomic mass is 32.2. The molecule has 0 N–H and O–H groups in total. The Morgan fingerprint density at radius 3 is 2.72 bits per heavy atom. The van der Waals surface area contributed by atoms with Crippen LogP contribution in [0.5, 0.6) is 11.5 Å². The van der Waals surface area contributed by atoms with Crippen LogP contribution in [0.25, 0.3) is 0 Å². The fraction of sp³-hybridized carbons (Fsp3) is 0.400. The van der Waals surface area contributed by atoms with Gasteiger partial charge in [0.15, 0.2) is 11.6 Å². The lowest BCUT2D eigenvalue weighted by Gasteiger charge is -2.10. The fourth-order valence-corrected chi connectivity index (χ4v) is 2.62. The minimum absolute atomic E-state index is 0.0901. The number of thioether (sulfide) groups is 1. The van der Waals surface area contributed by atoms with Crippen LogP contribution in [-0.4, -0.2) is 46.0 Å². The molecule has 1 heterocycles. The predicted molar refractivity (Wildman–Crippen MR) is 95.0 cm³/mol. The summed E-state index contributed by atoms with van der Waals surface area (Å²) < 4.78 is 12.2. The van der Waals surface area contributed by atoms with Crippen LogP contribution >= 0.6 is 11.8 Å². The third-order valence-electron chi connectivity index (χ3n) is 3.26. The molecule has 0 aliphatic rings. The lowest BCUT2D eigenvalue weighted by atomic mass is 10.2. The molecule has 0 atom stereocenters. The van der Waals surface area contributed by atoms with Crippen molar-refractivity contribution >= 4 is 23.7 Å². The number of hydrogen-bond donors (Lipinski definition) is 0. The summed E-state index contributed by atoms with van der Waals surface area (Å²) in [6.45, 7) is 4.10. The van der Waals surface area contributed by atoms with Gasteiger partial charge in [-0.3, -0.25) is 10.1 Å². The zero-order valence-corrected chi connectivity index (χ0v) is 15.2. The molecule has 0 spiro atoms. The molecule has 0 unspecified atom stereocenters. The third kappa shape index (κ3) is 4.08. The molecule has 0 bridgehead atoms. The number of benzene rings is 1. The SMILES string of the molecule is CCOc1cc(/C=N\n2c(CC)nnc2SC)cc([N+](=O)[O-])c1OC. The van der Waals surface area contributed by atoms with Gasteiger partial charge in [-0.2, -0.15) is 9.78 Å². The van der Waals surface area contributed by atoms with Crippen molar-refractivity contribution in [3.63, 3.8) is 0 Å². The number of methoxy groups -OCH3 is 1. The van der Waals surface area contributed by atoms with E-state index in [-0.39, 0.29) is 11.4 Å². The van der Waals surface area contributed by atoms with Gasteiger partial charge in [0.2, 0.25) is 10.9 Å². The third-order valence-corrected chi connectivity index (χ3v) is 3.88. The Labute approximate surface area is 149 Å². The Hall–Kier alpha value is -2.62. The van der Waals surface area contributed by atoms with Crippen molar-refractivity contribution < 1.29 is 14.4 Å². The molecule has 0 saturated carbocycles. The first-order chi connectivity index (χ1) is 12.0.